The topological polar surface area (TPSA) is 8.81 Å². The van der Waals surface area contributed by atoms with Gasteiger partial charge in [0.25, 0.3) is 5.82 Å². The van der Waals surface area contributed by atoms with Crippen LogP contribution in [-0.2, 0) is 19.5 Å². The van der Waals surface area contributed by atoms with Crippen molar-refractivity contribution in [1.82, 2.24) is 4.57 Å². The molecule has 242 valence electrons. The lowest BCUT2D eigenvalue weighted by atomic mass is 10.1. The molecule has 0 radical (unpaired) electrons. The van der Waals surface area contributed by atoms with Crippen LogP contribution >= 0.6 is 0 Å². The van der Waals surface area contributed by atoms with E-state index in [1.807, 2.05) is 0 Å². The van der Waals surface area contributed by atoms with E-state index in [1.54, 1.807) is 5.82 Å². The van der Waals surface area contributed by atoms with E-state index in [4.69, 9.17) is 0 Å². The zero-order valence-electron chi connectivity index (χ0n) is 28.9. The molecule has 0 saturated heterocycles. The normalized spacial score (nSPS) is 11.6. The van der Waals surface area contributed by atoms with Crippen molar-refractivity contribution in [3.8, 4) is 0 Å². The minimum atomic E-state index is 1.23. The minimum absolute atomic E-state index is 1.23. The summed E-state index contributed by atoms with van der Waals surface area (Å²) in [6, 6.07) is 0. The van der Waals surface area contributed by atoms with Gasteiger partial charge in [0.1, 0.15) is 12.4 Å². The van der Waals surface area contributed by atoms with Crippen LogP contribution in [0.3, 0.4) is 0 Å². The van der Waals surface area contributed by atoms with Gasteiger partial charge in [-0.05, 0) is 32.1 Å². The molecule has 0 unspecified atom stereocenters. The Morgan fingerprint density at radius 2 is 0.756 bits per heavy atom. The highest BCUT2D eigenvalue weighted by molar-refractivity contribution is 4.84. The second-order valence-electron chi connectivity index (χ2n) is 13.4. The first-order valence-electron chi connectivity index (χ1n) is 19.4. The number of aromatic nitrogens is 2. The summed E-state index contributed by atoms with van der Waals surface area (Å²) >= 11 is 0. The standard InChI is InChI=1S/C39H77N2/c1-4-7-10-13-16-19-22-25-28-31-34-39-40(35-32-29-26-23-20-17-14-11-8-5-2)37-38-41(39)36-33-30-27-24-21-18-15-12-9-6-3/h37-38H,4-36H2,1-3H3/q+1. The highest BCUT2D eigenvalue weighted by atomic mass is 15.1. The van der Waals surface area contributed by atoms with Gasteiger partial charge >= 0.3 is 0 Å². The smallest absolute Gasteiger partial charge is 0.234 e. The second kappa shape index (κ2) is 30.7. The van der Waals surface area contributed by atoms with Crippen molar-refractivity contribution in [3.63, 3.8) is 0 Å². The van der Waals surface area contributed by atoms with E-state index in [2.05, 4.69) is 42.3 Å². The molecule has 0 fully saturated rings. The molecule has 2 nitrogen and oxygen atoms in total. The Morgan fingerprint density at radius 1 is 0.415 bits per heavy atom. The molecule has 2 heteroatoms. The summed E-state index contributed by atoms with van der Waals surface area (Å²) in [5, 5.41) is 0. The van der Waals surface area contributed by atoms with Crippen molar-refractivity contribution in [2.45, 2.75) is 233 Å². The van der Waals surface area contributed by atoms with Crippen LogP contribution in [0.25, 0.3) is 0 Å². The SMILES string of the molecule is CCCCCCCCCCCCc1n(CCCCCCCCCCCC)cc[n+]1CCCCCCCCCCCC. The van der Waals surface area contributed by atoms with Crippen molar-refractivity contribution in [2.24, 2.45) is 0 Å². The number of aryl methyl sites for hydroxylation is 2. The summed E-state index contributed by atoms with van der Waals surface area (Å²) in [5.74, 6) is 1.62. The molecular weight excluding hydrogens is 496 g/mol. The fourth-order valence-corrected chi connectivity index (χ4v) is 6.50. The number of hydrogen-bond acceptors (Lipinski definition) is 0. The molecule has 0 aliphatic rings. The first-order chi connectivity index (χ1) is 20.3. The monoisotopic (exact) mass is 574 g/mol. The van der Waals surface area contributed by atoms with Crippen molar-refractivity contribution in [3.05, 3.63) is 18.2 Å². The van der Waals surface area contributed by atoms with Crippen molar-refractivity contribution in [2.75, 3.05) is 0 Å². The molecular formula is C39H77N2+. The van der Waals surface area contributed by atoms with E-state index in [0.29, 0.717) is 0 Å². The molecule has 0 amide bonds. The maximum Gasteiger partial charge on any atom is 0.256 e. The van der Waals surface area contributed by atoms with Crippen LogP contribution in [-0.4, -0.2) is 4.57 Å². The van der Waals surface area contributed by atoms with E-state index in [0.717, 1.165) is 0 Å². The summed E-state index contributed by atoms with van der Waals surface area (Å²) < 4.78 is 5.27. The molecule has 1 rings (SSSR count). The van der Waals surface area contributed by atoms with E-state index < -0.39 is 0 Å². The Balaban J connectivity index is 2.32. The van der Waals surface area contributed by atoms with Gasteiger partial charge in [-0.2, -0.15) is 0 Å². The lowest BCUT2D eigenvalue weighted by Crippen LogP contribution is -2.37. The largest absolute Gasteiger partial charge is 0.256 e. The Kier molecular flexibility index (Phi) is 28.6. The fraction of sp³-hybridized carbons (Fsp3) is 0.923. The molecule has 41 heavy (non-hydrogen) atoms. The van der Waals surface area contributed by atoms with Crippen LogP contribution in [0.2, 0.25) is 0 Å². The van der Waals surface area contributed by atoms with Crippen molar-refractivity contribution < 1.29 is 4.57 Å². The molecule has 1 heterocycles. The van der Waals surface area contributed by atoms with Crippen molar-refractivity contribution in [1.29, 1.82) is 0 Å². The van der Waals surface area contributed by atoms with Crippen LogP contribution in [0.4, 0.5) is 0 Å². The maximum atomic E-state index is 2.63. The summed E-state index contributed by atoms with van der Waals surface area (Å²) in [7, 11) is 0. The number of nitrogens with zero attached hydrogens (tertiary/aromatic N) is 2. The van der Waals surface area contributed by atoms with Crippen LogP contribution in [0.5, 0.6) is 0 Å². The van der Waals surface area contributed by atoms with E-state index in [-0.39, 0.29) is 0 Å². The highest BCUT2D eigenvalue weighted by Gasteiger charge is 2.16. The van der Waals surface area contributed by atoms with Crippen LogP contribution < -0.4 is 4.57 Å². The summed E-state index contributed by atoms with van der Waals surface area (Å²) in [4.78, 5) is 0. The second-order valence-corrected chi connectivity index (χ2v) is 13.4. The number of imidazole rings is 1. The van der Waals surface area contributed by atoms with Gasteiger partial charge in [0.2, 0.25) is 0 Å². The quantitative estimate of drug-likeness (QED) is 0.0584. The van der Waals surface area contributed by atoms with Crippen LogP contribution in [0.1, 0.15) is 219 Å². The molecule has 0 aliphatic heterocycles. The molecule has 0 saturated carbocycles. The van der Waals surface area contributed by atoms with Gasteiger partial charge < -0.3 is 0 Å². The first kappa shape index (κ1) is 38.2. The summed E-state index contributed by atoms with van der Waals surface area (Å²) in [5.41, 5.74) is 0. The molecule has 0 bridgehead atoms. The Hall–Kier alpha value is -0.790. The van der Waals surface area contributed by atoms with Gasteiger partial charge in [0, 0.05) is 6.42 Å². The molecule has 1 aromatic heterocycles. The third kappa shape index (κ3) is 23.4. The predicted octanol–water partition coefficient (Wildman–Crippen LogP) is 13.1. The minimum Gasteiger partial charge on any atom is -0.234 e. The highest BCUT2D eigenvalue weighted by Crippen LogP contribution is 2.15. The molecule has 0 aromatic carbocycles. The van der Waals surface area contributed by atoms with Gasteiger partial charge in [-0.25, -0.2) is 9.13 Å². The number of hydrogen-bond donors (Lipinski definition) is 0. The average Bonchev–Trinajstić information content (AvgIpc) is 3.37. The van der Waals surface area contributed by atoms with Gasteiger partial charge in [-0.3, -0.25) is 0 Å². The molecule has 0 aliphatic carbocycles. The van der Waals surface area contributed by atoms with Crippen LogP contribution in [0, 0.1) is 0 Å². The number of unbranched alkanes of at least 4 members (excludes halogenated alkanes) is 27. The maximum absolute atomic E-state index is 2.63. The Labute approximate surface area is 259 Å². The first-order valence-corrected chi connectivity index (χ1v) is 19.4. The Bertz CT molecular complexity index is 592. The summed E-state index contributed by atoms with van der Waals surface area (Å²) in [6.07, 6.45) is 48.9. The van der Waals surface area contributed by atoms with Crippen molar-refractivity contribution >= 4 is 0 Å². The van der Waals surface area contributed by atoms with Gasteiger partial charge in [-0.1, -0.05) is 181 Å². The van der Waals surface area contributed by atoms with Gasteiger partial charge in [0.15, 0.2) is 0 Å². The van der Waals surface area contributed by atoms with E-state index in [9.17, 15) is 0 Å². The van der Waals surface area contributed by atoms with E-state index in [1.165, 1.54) is 212 Å². The third-order valence-corrected chi connectivity index (χ3v) is 9.35. The van der Waals surface area contributed by atoms with Gasteiger partial charge in [-0.15, -0.1) is 0 Å². The molecule has 1 aromatic rings. The lowest BCUT2D eigenvalue weighted by Gasteiger charge is -2.07. The summed E-state index contributed by atoms with van der Waals surface area (Å²) in [6.45, 7) is 9.40. The van der Waals surface area contributed by atoms with E-state index >= 15 is 0 Å². The molecule has 0 spiro atoms. The molecule has 0 N–H and O–H groups in total. The number of rotatable bonds is 33. The molecule has 0 atom stereocenters. The average molecular weight is 574 g/mol. The lowest BCUT2D eigenvalue weighted by molar-refractivity contribution is -0.704. The Morgan fingerprint density at radius 3 is 1.17 bits per heavy atom. The van der Waals surface area contributed by atoms with Crippen LogP contribution in [0.15, 0.2) is 12.4 Å². The van der Waals surface area contributed by atoms with Gasteiger partial charge in [0.05, 0.1) is 13.1 Å². The third-order valence-electron chi connectivity index (χ3n) is 9.35. The predicted molar refractivity (Wildman–Crippen MR) is 184 cm³/mol. The zero-order valence-corrected chi connectivity index (χ0v) is 28.9. The zero-order chi connectivity index (χ0) is 29.5. The fourth-order valence-electron chi connectivity index (χ4n) is 6.50.